The summed E-state index contributed by atoms with van der Waals surface area (Å²) in [6.07, 6.45) is 22.4. The van der Waals surface area contributed by atoms with Gasteiger partial charge < -0.3 is 39.9 Å². The Morgan fingerprint density at radius 2 is 0.912 bits per heavy atom. The Balaban J connectivity index is 2.47. The molecule has 0 saturated heterocycles. The number of rotatable bonds is 36. The number of aliphatic hydroxyl groups is 5. The summed E-state index contributed by atoms with van der Waals surface area (Å²) in [5.74, 6) is -1.11. The van der Waals surface area contributed by atoms with Crippen molar-refractivity contribution in [2.24, 2.45) is 0 Å². The van der Waals surface area contributed by atoms with Gasteiger partial charge in [0, 0.05) is 12.8 Å². The molecule has 0 aromatic carbocycles. The normalized spacial score (nSPS) is 22.9. The van der Waals surface area contributed by atoms with Crippen molar-refractivity contribution in [1.29, 1.82) is 0 Å². The van der Waals surface area contributed by atoms with E-state index < -0.39 is 75.7 Å². The predicted molar refractivity (Wildman–Crippen MR) is 221 cm³/mol. The maximum Gasteiger partial charge on any atom is 0.472 e. The zero-order valence-corrected chi connectivity index (χ0v) is 36.0. The standard InChI is InChI=1S/C43H79O13P/c1-3-5-7-9-11-13-15-16-17-18-19-20-22-24-26-28-30-32-37(45)55-35(33-53-36(44)31-29-27-25-23-21-14-12-10-8-6-4-2)34-54-57(51,52)56-43-41(49)39(47)38(46)40(48)42(43)50/h10,12,16-17,35,38-43,46-50H,3-9,11,13-15,18-34H2,1-2H3,(H,51,52)/b12-10-,17-16-/t35-,38?,39-,40?,41?,42?,43?/m1/s1. The number of phosphoric acid groups is 1. The molecule has 1 saturated carbocycles. The lowest BCUT2D eigenvalue weighted by Gasteiger charge is -2.41. The van der Waals surface area contributed by atoms with Crippen molar-refractivity contribution in [1.82, 2.24) is 0 Å². The summed E-state index contributed by atoms with van der Waals surface area (Å²) in [6, 6.07) is 0. The Bertz CT molecular complexity index is 1100. The molecule has 1 aliphatic carbocycles. The molecule has 8 atom stereocenters. The van der Waals surface area contributed by atoms with Crippen LogP contribution in [0.2, 0.25) is 0 Å². The Labute approximate surface area is 343 Å². The van der Waals surface area contributed by atoms with E-state index in [-0.39, 0.29) is 12.8 Å². The van der Waals surface area contributed by atoms with Crippen LogP contribution in [-0.4, -0.2) is 98.3 Å². The summed E-state index contributed by atoms with van der Waals surface area (Å²) < 4.78 is 33.4. The fourth-order valence-electron chi connectivity index (χ4n) is 6.62. The second kappa shape index (κ2) is 34.1. The Hall–Kier alpha value is -1.67. The zero-order chi connectivity index (χ0) is 42.2. The van der Waals surface area contributed by atoms with Crippen LogP contribution in [0.15, 0.2) is 24.3 Å². The fourth-order valence-corrected chi connectivity index (χ4v) is 7.59. The highest BCUT2D eigenvalue weighted by atomic mass is 31.2. The van der Waals surface area contributed by atoms with Crippen molar-refractivity contribution in [2.75, 3.05) is 13.2 Å². The van der Waals surface area contributed by atoms with E-state index in [9.17, 15) is 44.6 Å². The van der Waals surface area contributed by atoms with Gasteiger partial charge in [0.25, 0.3) is 0 Å². The minimum Gasteiger partial charge on any atom is -0.462 e. The molecular formula is C43H79O13P. The number of carbonyl (C=O) groups excluding carboxylic acids is 2. The van der Waals surface area contributed by atoms with Gasteiger partial charge >= 0.3 is 19.8 Å². The number of esters is 2. The number of hydrogen-bond acceptors (Lipinski definition) is 12. The highest BCUT2D eigenvalue weighted by Crippen LogP contribution is 2.47. The molecule has 1 rings (SSSR count). The van der Waals surface area contributed by atoms with Crippen molar-refractivity contribution in [3.63, 3.8) is 0 Å². The minimum atomic E-state index is -5.11. The number of aliphatic hydroxyl groups excluding tert-OH is 5. The summed E-state index contributed by atoms with van der Waals surface area (Å²) in [6.45, 7) is 3.23. The number of ether oxygens (including phenoxy) is 2. The first-order valence-electron chi connectivity index (χ1n) is 22.1. The molecule has 14 heteroatoms. The highest BCUT2D eigenvalue weighted by molar-refractivity contribution is 7.47. The Morgan fingerprint density at radius 3 is 1.39 bits per heavy atom. The summed E-state index contributed by atoms with van der Waals surface area (Å²) in [4.78, 5) is 35.6. The summed E-state index contributed by atoms with van der Waals surface area (Å²) in [5, 5.41) is 50.0. The third kappa shape index (κ3) is 26.9. The first kappa shape index (κ1) is 53.3. The minimum absolute atomic E-state index is 0.0915. The van der Waals surface area contributed by atoms with Crippen LogP contribution in [0, 0.1) is 0 Å². The Kier molecular flexibility index (Phi) is 31.9. The van der Waals surface area contributed by atoms with Gasteiger partial charge in [-0.2, -0.15) is 0 Å². The van der Waals surface area contributed by atoms with Crippen LogP contribution in [0.4, 0.5) is 0 Å². The highest BCUT2D eigenvalue weighted by Gasteiger charge is 2.51. The summed E-state index contributed by atoms with van der Waals surface area (Å²) in [5.41, 5.74) is 0. The largest absolute Gasteiger partial charge is 0.472 e. The van der Waals surface area contributed by atoms with Crippen molar-refractivity contribution >= 4 is 19.8 Å². The SMILES string of the molecule is CCCC/C=C\CCCCCCCC(=O)OC[C@H](COP(=O)(O)OC1C(O)C(O)C(O)[C@@H](O)C1O)OC(=O)CCCCCCCCC/C=C\CCCCCCCC. The molecular weight excluding hydrogens is 755 g/mol. The van der Waals surface area contributed by atoms with Gasteiger partial charge in [-0.3, -0.25) is 18.6 Å². The quantitative estimate of drug-likeness (QED) is 0.0153. The van der Waals surface area contributed by atoms with E-state index in [0.717, 1.165) is 70.6 Å². The zero-order valence-electron chi connectivity index (χ0n) is 35.1. The molecule has 13 nitrogen and oxygen atoms in total. The van der Waals surface area contributed by atoms with E-state index in [1.54, 1.807) is 0 Å². The molecule has 6 N–H and O–H groups in total. The van der Waals surface area contributed by atoms with Crippen LogP contribution >= 0.6 is 7.82 Å². The van der Waals surface area contributed by atoms with Gasteiger partial charge in [0.2, 0.25) is 0 Å². The summed E-state index contributed by atoms with van der Waals surface area (Å²) >= 11 is 0. The average molecular weight is 835 g/mol. The van der Waals surface area contributed by atoms with Gasteiger partial charge in [0.05, 0.1) is 6.61 Å². The number of phosphoric ester groups is 1. The van der Waals surface area contributed by atoms with Gasteiger partial charge in [-0.1, -0.05) is 134 Å². The van der Waals surface area contributed by atoms with E-state index in [1.807, 2.05) is 0 Å². The number of allylic oxidation sites excluding steroid dienone is 4. The van der Waals surface area contributed by atoms with Crippen LogP contribution in [0.3, 0.4) is 0 Å². The van der Waals surface area contributed by atoms with E-state index in [1.165, 1.54) is 70.6 Å². The van der Waals surface area contributed by atoms with Crippen molar-refractivity contribution in [3.05, 3.63) is 24.3 Å². The van der Waals surface area contributed by atoms with Crippen LogP contribution in [0.1, 0.15) is 181 Å². The molecule has 0 amide bonds. The topological polar surface area (TPSA) is 210 Å². The lowest BCUT2D eigenvalue weighted by atomic mass is 9.85. The van der Waals surface area contributed by atoms with Crippen molar-refractivity contribution in [2.45, 2.75) is 224 Å². The first-order valence-corrected chi connectivity index (χ1v) is 23.6. The molecule has 57 heavy (non-hydrogen) atoms. The molecule has 0 bridgehead atoms. The molecule has 1 aliphatic rings. The van der Waals surface area contributed by atoms with Gasteiger partial charge in [0.1, 0.15) is 43.2 Å². The molecule has 0 spiro atoms. The molecule has 0 aliphatic heterocycles. The van der Waals surface area contributed by atoms with E-state index >= 15 is 0 Å². The Morgan fingerprint density at radius 1 is 0.526 bits per heavy atom. The molecule has 6 unspecified atom stereocenters. The second-order valence-corrected chi connectivity index (χ2v) is 16.9. The average Bonchev–Trinajstić information content (AvgIpc) is 3.19. The van der Waals surface area contributed by atoms with Crippen LogP contribution in [0.25, 0.3) is 0 Å². The van der Waals surface area contributed by atoms with Crippen LogP contribution in [0.5, 0.6) is 0 Å². The molecule has 0 heterocycles. The fraction of sp³-hybridized carbons (Fsp3) is 0.860. The molecule has 0 aromatic heterocycles. The van der Waals surface area contributed by atoms with Crippen LogP contribution in [-0.2, 0) is 32.7 Å². The lowest BCUT2D eigenvalue weighted by Crippen LogP contribution is -2.64. The molecule has 1 fully saturated rings. The van der Waals surface area contributed by atoms with Gasteiger partial charge in [-0.25, -0.2) is 4.57 Å². The third-order valence-electron chi connectivity index (χ3n) is 10.3. The smallest absolute Gasteiger partial charge is 0.462 e. The molecule has 0 radical (unpaired) electrons. The van der Waals surface area contributed by atoms with Gasteiger partial charge in [-0.05, 0) is 57.8 Å². The van der Waals surface area contributed by atoms with Crippen molar-refractivity contribution in [3.8, 4) is 0 Å². The maximum atomic E-state index is 12.8. The van der Waals surface area contributed by atoms with Crippen molar-refractivity contribution < 1.29 is 63.1 Å². The van der Waals surface area contributed by atoms with Crippen LogP contribution < -0.4 is 0 Å². The molecule has 0 aromatic rings. The number of carbonyl (C=O) groups is 2. The molecule has 334 valence electrons. The van der Waals surface area contributed by atoms with Gasteiger partial charge in [-0.15, -0.1) is 0 Å². The third-order valence-corrected chi connectivity index (χ3v) is 11.3. The monoisotopic (exact) mass is 835 g/mol. The second-order valence-electron chi connectivity index (χ2n) is 15.5. The maximum absolute atomic E-state index is 12.8. The van der Waals surface area contributed by atoms with E-state index in [4.69, 9.17) is 18.5 Å². The lowest BCUT2D eigenvalue weighted by molar-refractivity contribution is -0.220. The van der Waals surface area contributed by atoms with E-state index in [0.29, 0.717) is 12.8 Å². The number of hydrogen-bond donors (Lipinski definition) is 6. The van der Waals surface area contributed by atoms with E-state index in [2.05, 4.69) is 38.2 Å². The predicted octanol–water partition coefficient (Wildman–Crippen LogP) is 8.06. The van der Waals surface area contributed by atoms with Gasteiger partial charge in [0.15, 0.2) is 6.10 Å². The first-order chi connectivity index (χ1) is 27.4. The number of unbranched alkanes of at least 4 members (excludes halogenated alkanes) is 20. The summed E-state index contributed by atoms with van der Waals surface area (Å²) in [7, 11) is -5.11.